The highest BCUT2D eigenvalue weighted by atomic mass is 16.1. The summed E-state index contributed by atoms with van der Waals surface area (Å²) in [5.41, 5.74) is 2.13. The van der Waals surface area contributed by atoms with Crippen molar-refractivity contribution < 1.29 is 4.79 Å². The predicted molar refractivity (Wildman–Crippen MR) is 84.0 cm³/mol. The summed E-state index contributed by atoms with van der Waals surface area (Å²) < 4.78 is 0. The Kier molecular flexibility index (Phi) is 2.43. The van der Waals surface area contributed by atoms with Crippen molar-refractivity contribution in [1.82, 2.24) is 0 Å². The largest absolute Gasteiger partial charge is 0.294 e. The van der Waals surface area contributed by atoms with Gasteiger partial charge in [0, 0.05) is 17.6 Å². The molecule has 0 saturated heterocycles. The first-order valence-electron chi connectivity index (χ1n) is 6.85. The second kappa shape index (κ2) is 4.29. The van der Waals surface area contributed by atoms with Gasteiger partial charge in [0.2, 0.25) is 0 Å². The number of carbonyl (C=O) groups excluding carboxylic acids is 1. The zero-order chi connectivity index (χ0) is 14.4. The number of benzene rings is 3. The van der Waals surface area contributed by atoms with Crippen LogP contribution in [-0.2, 0) is 0 Å². The molecule has 0 aromatic heterocycles. The summed E-state index contributed by atoms with van der Waals surface area (Å²) in [6, 6.07) is 18.4. The lowest BCUT2D eigenvalue weighted by molar-refractivity contribution is 0.0994. The first-order chi connectivity index (χ1) is 10.3. The maximum Gasteiger partial charge on any atom is 0.169 e. The highest BCUT2D eigenvalue weighted by Gasteiger charge is 2.20. The minimum Gasteiger partial charge on any atom is -0.294 e. The van der Waals surface area contributed by atoms with E-state index in [1.807, 2.05) is 30.3 Å². The Labute approximate surface area is 121 Å². The van der Waals surface area contributed by atoms with Gasteiger partial charge in [-0.1, -0.05) is 36.4 Å². The molecule has 0 spiro atoms. The minimum absolute atomic E-state index is 0.0323. The number of allylic oxidation sites excluding steroid dienone is 1. The van der Waals surface area contributed by atoms with Crippen molar-refractivity contribution >= 4 is 33.4 Å². The monoisotopic (exact) mass is 269 g/mol. The Morgan fingerprint density at radius 3 is 2.48 bits per heavy atom. The minimum atomic E-state index is 0.0323. The zero-order valence-corrected chi connectivity index (χ0v) is 11.3. The third-order valence-electron chi connectivity index (χ3n) is 4.02. The highest BCUT2D eigenvalue weighted by molar-refractivity contribution is 6.16. The molecule has 3 aromatic carbocycles. The highest BCUT2D eigenvalue weighted by Crippen LogP contribution is 2.32. The first kappa shape index (κ1) is 11.9. The van der Waals surface area contributed by atoms with E-state index in [1.165, 1.54) is 5.39 Å². The Bertz CT molecular complexity index is 990. The molecular formula is C19H11NO. The first-order valence-corrected chi connectivity index (χ1v) is 6.85. The van der Waals surface area contributed by atoms with Crippen LogP contribution in [0.3, 0.4) is 0 Å². The standard InChI is InChI=1S/C19H11NO/c20-11-12-7-16-6-5-15-9-13-3-1-2-4-14(13)10-17(15)19(16)18(21)8-12/h1-7,9-10H,8H2. The Morgan fingerprint density at radius 1 is 0.952 bits per heavy atom. The summed E-state index contributed by atoms with van der Waals surface area (Å²) in [6.07, 6.45) is 2.03. The average molecular weight is 269 g/mol. The van der Waals surface area contributed by atoms with Gasteiger partial charge >= 0.3 is 0 Å². The van der Waals surface area contributed by atoms with Gasteiger partial charge in [-0.15, -0.1) is 0 Å². The van der Waals surface area contributed by atoms with E-state index in [0.29, 0.717) is 5.57 Å². The number of hydrogen-bond acceptors (Lipinski definition) is 2. The van der Waals surface area contributed by atoms with Crippen molar-refractivity contribution in [3.63, 3.8) is 0 Å². The molecule has 21 heavy (non-hydrogen) atoms. The second-order valence-electron chi connectivity index (χ2n) is 5.33. The molecule has 0 saturated carbocycles. The third kappa shape index (κ3) is 1.75. The van der Waals surface area contributed by atoms with E-state index in [2.05, 4.69) is 30.3 Å². The van der Waals surface area contributed by atoms with Crippen molar-refractivity contribution in [2.45, 2.75) is 6.42 Å². The molecule has 1 aliphatic rings. The Hall–Kier alpha value is -2.92. The van der Waals surface area contributed by atoms with Crippen LogP contribution in [0.4, 0.5) is 0 Å². The van der Waals surface area contributed by atoms with Gasteiger partial charge in [0.05, 0.1) is 6.07 Å². The third-order valence-corrected chi connectivity index (χ3v) is 4.02. The summed E-state index contributed by atoms with van der Waals surface area (Å²) in [7, 11) is 0. The van der Waals surface area contributed by atoms with Crippen LogP contribution in [-0.4, -0.2) is 5.78 Å². The van der Waals surface area contributed by atoms with Gasteiger partial charge in [-0.2, -0.15) is 5.26 Å². The summed E-state index contributed by atoms with van der Waals surface area (Å²) in [4.78, 5) is 12.4. The van der Waals surface area contributed by atoms with Crippen LogP contribution in [0.1, 0.15) is 22.3 Å². The molecule has 0 aliphatic heterocycles. The number of ketones is 1. The number of hydrogen-bond donors (Lipinski definition) is 0. The van der Waals surface area contributed by atoms with Gasteiger partial charge < -0.3 is 0 Å². The topological polar surface area (TPSA) is 40.9 Å². The van der Waals surface area contributed by atoms with Crippen LogP contribution in [0.2, 0.25) is 0 Å². The van der Waals surface area contributed by atoms with E-state index in [9.17, 15) is 4.79 Å². The van der Waals surface area contributed by atoms with Gasteiger partial charge in [-0.05, 0) is 45.3 Å². The second-order valence-corrected chi connectivity index (χ2v) is 5.33. The molecule has 0 bridgehead atoms. The van der Waals surface area contributed by atoms with Crippen LogP contribution in [0, 0.1) is 11.3 Å². The molecule has 3 aromatic rings. The van der Waals surface area contributed by atoms with Gasteiger partial charge in [0.15, 0.2) is 5.78 Å². The molecule has 0 radical (unpaired) electrons. The summed E-state index contributed by atoms with van der Waals surface area (Å²) in [5, 5.41) is 13.4. The van der Waals surface area contributed by atoms with Crippen molar-refractivity contribution in [1.29, 1.82) is 5.26 Å². The summed E-state index contributed by atoms with van der Waals surface area (Å²) >= 11 is 0. The van der Waals surface area contributed by atoms with E-state index in [-0.39, 0.29) is 12.2 Å². The van der Waals surface area contributed by atoms with Gasteiger partial charge in [-0.3, -0.25) is 4.79 Å². The smallest absolute Gasteiger partial charge is 0.169 e. The van der Waals surface area contributed by atoms with E-state index < -0.39 is 0 Å². The lowest BCUT2D eigenvalue weighted by Gasteiger charge is -2.15. The van der Waals surface area contributed by atoms with E-state index >= 15 is 0 Å². The predicted octanol–water partition coefficient (Wildman–Crippen LogP) is 4.49. The Balaban J connectivity index is 2.12. The molecule has 1 aliphatic carbocycles. The number of nitrogens with zero attached hydrogens (tertiary/aromatic N) is 1. The fourth-order valence-electron chi connectivity index (χ4n) is 3.03. The quantitative estimate of drug-likeness (QED) is 0.564. The molecule has 0 atom stereocenters. The molecule has 98 valence electrons. The van der Waals surface area contributed by atoms with Gasteiger partial charge in [0.1, 0.15) is 0 Å². The molecular weight excluding hydrogens is 258 g/mol. The summed E-state index contributed by atoms with van der Waals surface area (Å²) in [5.74, 6) is 0.0323. The maximum absolute atomic E-state index is 12.4. The number of rotatable bonds is 0. The fourth-order valence-corrected chi connectivity index (χ4v) is 3.03. The molecule has 0 N–H and O–H groups in total. The van der Waals surface area contributed by atoms with Crippen molar-refractivity contribution in [3.05, 3.63) is 65.2 Å². The van der Waals surface area contributed by atoms with Crippen LogP contribution in [0.5, 0.6) is 0 Å². The molecule has 0 amide bonds. The van der Waals surface area contributed by atoms with Crippen LogP contribution in [0.15, 0.2) is 54.1 Å². The van der Waals surface area contributed by atoms with Crippen molar-refractivity contribution in [2.24, 2.45) is 0 Å². The van der Waals surface area contributed by atoms with E-state index in [1.54, 1.807) is 0 Å². The molecule has 2 nitrogen and oxygen atoms in total. The zero-order valence-electron chi connectivity index (χ0n) is 11.3. The molecule has 0 unspecified atom stereocenters. The average Bonchev–Trinajstić information content (AvgIpc) is 2.52. The molecule has 0 fully saturated rings. The van der Waals surface area contributed by atoms with E-state index in [4.69, 9.17) is 5.26 Å². The van der Waals surface area contributed by atoms with Crippen LogP contribution < -0.4 is 0 Å². The normalized spacial score (nSPS) is 13.9. The number of carbonyl (C=O) groups is 1. The van der Waals surface area contributed by atoms with Gasteiger partial charge in [0.25, 0.3) is 0 Å². The van der Waals surface area contributed by atoms with Crippen LogP contribution in [0.25, 0.3) is 27.6 Å². The summed E-state index contributed by atoms with van der Waals surface area (Å²) in [6.45, 7) is 0. The SMILES string of the molecule is N#CC1=Cc2ccc3cc4ccccc4cc3c2C(=O)C1. The molecule has 4 rings (SSSR count). The molecule has 2 heteroatoms. The van der Waals surface area contributed by atoms with Gasteiger partial charge in [-0.25, -0.2) is 0 Å². The number of nitriles is 1. The Morgan fingerprint density at radius 2 is 1.71 bits per heavy atom. The maximum atomic E-state index is 12.4. The number of Topliss-reactive ketones (excluding diaryl/α,β-unsaturated/α-hetero) is 1. The van der Waals surface area contributed by atoms with Crippen LogP contribution >= 0.6 is 0 Å². The lowest BCUT2D eigenvalue weighted by Crippen LogP contribution is -2.08. The van der Waals surface area contributed by atoms with E-state index in [0.717, 1.165) is 27.3 Å². The lowest BCUT2D eigenvalue weighted by atomic mass is 9.87. The molecule has 0 heterocycles. The fraction of sp³-hybridized carbons (Fsp3) is 0.0526. The van der Waals surface area contributed by atoms with Crippen molar-refractivity contribution in [2.75, 3.05) is 0 Å². The van der Waals surface area contributed by atoms with Crippen molar-refractivity contribution in [3.8, 4) is 6.07 Å². The number of fused-ring (bicyclic) bond motifs is 4.